The number of carbonyl (C=O) groups excluding carboxylic acids is 2. The molecule has 4 rings (SSSR count). The number of carbonyl (C=O) groups is 2. The van der Waals surface area contributed by atoms with Crippen molar-refractivity contribution in [3.63, 3.8) is 0 Å². The summed E-state index contributed by atoms with van der Waals surface area (Å²) >= 11 is 1.57. The molecule has 0 fully saturated rings. The molecule has 8 nitrogen and oxygen atoms in total. The summed E-state index contributed by atoms with van der Waals surface area (Å²) in [5.41, 5.74) is 0.277. The molecule has 3 heterocycles. The van der Waals surface area contributed by atoms with Crippen LogP contribution in [0.3, 0.4) is 0 Å². The second-order valence-corrected chi connectivity index (χ2v) is 8.78. The van der Waals surface area contributed by atoms with Crippen LogP contribution in [-0.2, 0) is 22.6 Å². The maximum absolute atomic E-state index is 13.7. The summed E-state index contributed by atoms with van der Waals surface area (Å²) in [5, 5.41) is 5.92. The lowest BCUT2D eigenvalue weighted by Gasteiger charge is -2.44. The number of nitrogens with zero attached hydrogens (tertiary/aromatic N) is 2. The monoisotopic (exact) mass is 457 g/mol. The SMILES string of the molecule is COCCNC(=O)C1(C)Cn2c(cc3ccsc32)C(=O)N1Cc1ccc(OC)cc1OC. The van der Waals surface area contributed by atoms with E-state index in [1.165, 1.54) is 0 Å². The molecule has 0 saturated carbocycles. The van der Waals surface area contributed by atoms with Gasteiger partial charge >= 0.3 is 0 Å². The van der Waals surface area contributed by atoms with E-state index in [1.807, 2.05) is 41.1 Å². The van der Waals surface area contributed by atoms with E-state index < -0.39 is 5.54 Å². The Kier molecular flexibility index (Phi) is 6.12. The van der Waals surface area contributed by atoms with Gasteiger partial charge in [-0.2, -0.15) is 0 Å². The van der Waals surface area contributed by atoms with Crippen LogP contribution in [0.4, 0.5) is 0 Å². The van der Waals surface area contributed by atoms with Gasteiger partial charge in [0.25, 0.3) is 5.91 Å². The zero-order valence-electron chi connectivity index (χ0n) is 18.6. The van der Waals surface area contributed by atoms with E-state index in [2.05, 4.69) is 5.32 Å². The van der Waals surface area contributed by atoms with Gasteiger partial charge in [-0.25, -0.2) is 0 Å². The third kappa shape index (κ3) is 3.71. The minimum atomic E-state index is -1.10. The standard InChI is InChI=1S/C23H27N3O5S/c1-23(22(28)24-8-9-29-2)14-25-18(11-15-7-10-32-21(15)25)20(27)26(23)13-16-5-6-17(30-3)12-19(16)31-4/h5-7,10-12H,8-9,13-14H2,1-4H3,(H,24,28). The van der Waals surface area contributed by atoms with Crippen LogP contribution in [0.25, 0.3) is 10.2 Å². The van der Waals surface area contributed by atoms with Crippen LogP contribution in [0.5, 0.6) is 11.5 Å². The van der Waals surface area contributed by atoms with Gasteiger partial charge in [-0.05, 0) is 36.6 Å². The highest BCUT2D eigenvalue weighted by Crippen LogP contribution is 2.36. The largest absolute Gasteiger partial charge is 0.497 e. The molecule has 9 heteroatoms. The summed E-state index contributed by atoms with van der Waals surface area (Å²) in [6, 6.07) is 9.35. The minimum Gasteiger partial charge on any atom is -0.497 e. The van der Waals surface area contributed by atoms with Crippen molar-refractivity contribution in [2.45, 2.75) is 25.6 Å². The van der Waals surface area contributed by atoms with E-state index in [0.717, 1.165) is 15.8 Å². The van der Waals surface area contributed by atoms with Crippen LogP contribution in [-0.4, -0.2) is 61.3 Å². The van der Waals surface area contributed by atoms with Gasteiger partial charge in [-0.3, -0.25) is 9.59 Å². The van der Waals surface area contributed by atoms with Crippen molar-refractivity contribution >= 4 is 33.4 Å². The molecule has 0 saturated heterocycles. The fourth-order valence-corrected chi connectivity index (χ4v) is 5.01. The highest BCUT2D eigenvalue weighted by molar-refractivity contribution is 7.16. The van der Waals surface area contributed by atoms with Gasteiger partial charge in [0, 0.05) is 30.7 Å². The van der Waals surface area contributed by atoms with Gasteiger partial charge in [0.2, 0.25) is 5.91 Å². The normalized spacial score (nSPS) is 18.0. The summed E-state index contributed by atoms with van der Waals surface area (Å²) in [6.45, 7) is 3.15. The second-order valence-electron chi connectivity index (χ2n) is 7.89. The lowest BCUT2D eigenvalue weighted by atomic mass is 9.93. The molecule has 0 bridgehead atoms. The molecule has 1 N–H and O–H groups in total. The molecule has 3 aromatic rings. The van der Waals surface area contributed by atoms with Crippen LogP contribution in [0.15, 0.2) is 35.7 Å². The zero-order chi connectivity index (χ0) is 22.9. The summed E-state index contributed by atoms with van der Waals surface area (Å²) in [7, 11) is 4.75. The number of hydrogen-bond donors (Lipinski definition) is 1. The first kappa shape index (κ1) is 22.2. The zero-order valence-corrected chi connectivity index (χ0v) is 19.5. The van der Waals surface area contributed by atoms with Crippen LogP contribution >= 0.6 is 11.3 Å². The Morgan fingerprint density at radius 1 is 1.19 bits per heavy atom. The van der Waals surface area contributed by atoms with E-state index in [4.69, 9.17) is 14.2 Å². The molecule has 1 aliphatic rings. The molecule has 170 valence electrons. The van der Waals surface area contributed by atoms with E-state index in [0.29, 0.717) is 36.9 Å². The Bertz CT molecular complexity index is 1150. The van der Waals surface area contributed by atoms with E-state index in [-0.39, 0.29) is 18.4 Å². The van der Waals surface area contributed by atoms with Crippen LogP contribution < -0.4 is 14.8 Å². The molecule has 1 atom stereocenters. The topological polar surface area (TPSA) is 82.0 Å². The third-order valence-electron chi connectivity index (χ3n) is 5.93. The lowest BCUT2D eigenvalue weighted by Crippen LogP contribution is -2.63. The van der Waals surface area contributed by atoms with Gasteiger partial charge in [0.05, 0.1) is 33.9 Å². The summed E-state index contributed by atoms with van der Waals surface area (Å²) in [5.74, 6) is 0.840. The van der Waals surface area contributed by atoms with Gasteiger partial charge in [0.1, 0.15) is 27.6 Å². The molecule has 1 aliphatic heterocycles. The van der Waals surface area contributed by atoms with Crippen molar-refractivity contribution in [1.82, 2.24) is 14.8 Å². The number of rotatable bonds is 8. The highest BCUT2D eigenvalue weighted by Gasteiger charge is 2.48. The molecule has 0 aliphatic carbocycles. The van der Waals surface area contributed by atoms with Gasteiger partial charge < -0.3 is 29.0 Å². The predicted molar refractivity (Wildman–Crippen MR) is 123 cm³/mol. The molecule has 32 heavy (non-hydrogen) atoms. The Labute approximate surface area is 190 Å². The molecule has 1 aromatic carbocycles. The van der Waals surface area contributed by atoms with Crippen LogP contribution in [0.2, 0.25) is 0 Å². The Morgan fingerprint density at radius 2 is 2.00 bits per heavy atom. The van der Waals surface area contributed by atoms with E-state index in [1.54, 1.807) is 43.6 Å². The van der Waals surface area contributed by atoms with Crippen molar-refractivity contribution in [2.24, 2.45) is 0 Å². The quantitative estimate of drug-likeness (QED) is 0.526. The number of thiophene rings is 1. The first-order valence-corrected chi connectivity index (χ1v) is 11.2. The fraction of sp³-hybridized carbons (Fsp3) is 0.391. The Hall–Kier alpha value is -3.04. The number of benzene rings is 1. The van der Waals surface area contributed by atoms with Crippen molar-refractivity contribution < 1.29 is 23.8 Å². The molecular weight excluding hydrogens is 430 g/mol. The van der Waals surface area contributed by atoms with Gasteiger partial charge in [-0.15, -0.1) is 11.3 Å². The number of ether oxygens (including phenoxy) is 3. The van der Waals surface area contributed by atoms with Gasteiger partial charge in [-0.1, -0.05) is 0 Å². The third-order valence-corrected chi connectivity index (χ3v) is 6.88. The Balaban J connectivity index is 1.75. The fourth-order valence-electron chi connectivity index (χ4n) is 4.12. The number of amides is 2. The minimum absolute atomic E-state index is 0.193. The van der Waals surface area contributed by atoms with E-state index in [9.17, 15) is 9.59 Å². The second kappa shape index (κ2) is 8.84. The number of hydrogen-bond acceptors (Lipinski definition) is 6. The number of methoxy groups -OCH3 is 3. The van der Waals surface area contributed by atoms with Crippen molar-refractivity contribution in [3.05, 3.63) is 47.0 Å². The molecule has 2 aromatic heterocycles. The van der Waals surface area contributed by atoms with Crippen LogP contribution in [0, 0.1) is 0 Å². The summed E-state index contributed by atoms with van der Waals surface area (Å²) in [4.78, 5) is 29.7. The average Bonchev–Trinajstić information content (AvgIpc) is 3.39. The highest BCUT2D eigenvalue weighted by atomic mass is 32.1. The first-order chi connectivity index (χ1) is 15.4. The van der Waals surface area contributed by atoms with Crippen molar-refractivity contribution in [2.75, 3.05) is 34.5 Å². The molecule has 1 unspecified atom stereocenters. The summed E-state index contributed by atoms with van der Waals surface area (Å²) in [6.07, 6.45) is 0. The predicted octanol–water partition coefficient (Wildman–Crippen LogP) is 2.90. The smallest absolute Gasteiger partial charge is 0.271 e. The number of nitrogens with one attached hydrogen (secondary N) is 1. The molecule has 0 spiro atoms. The number of aromatic nitrogens is 1. The number of fused-ring (bicyclic) bond motifs is 3. The maximum atomic E-state index is 13.7. The molecule has 0 radical (unpaired) electrons. The Morgan fingerprint density at radius 3 is 2.72 bits per heavy atom. The maximum Gasteiger partial charge on any atom is 0.271 e. The van der Waals surface area contributed by atoms with Crippen molar-refractivity contribution in [3.8, 4) is 11.5 Å². The summed E-state index contributed by atoms with van der Waals surface area (Å²) < 4.78 is 17.9. The molecule has 2 amide bonds. The average molecular weight is 458 g/mol. The lowest BCUT2D eigenvalue weighted by molar-refractivity contribution is -0.133. The first-order valence-electron chi connectivity index (χ1n) is 10.3. The van der Waals surface area contributed by atoms with Crippen LogP contribution in [0.1, 0.15) is 23.0 Å². The molecular formula is C23H27N3O5S. The van der Waals surface area contributed by atoms with Gasteiger partial charge in [0.15, 0.2) is 0 Å². The van der Waals surface area contributed by atoms with E-state index >= 15 is 0 Å². The van der Waals surface area contributed by atoms with Crippen molar-refractivity contribution in [1.29, 1.82) is 0 Å².